The molecule has 5 nitrogen and oxygen atoms in total. The van der Waals surface area contributed by atoms with Crippen LogP contribution in [0.1, 0.15) is 10.5 Å². The van der Waals surface area contributed by atoms with Crippen molar-refractivity contribution in [2.45, 2.75) is 4.90 Å². The van der Waals surface area contributed by atoms with Gasteiger partial charge in [-0.05, 0) is 29.6 Å². The third-order valence-corrected chi connectivity index (χ3v) is 5.80. The molecular formula is C15H11FN2O3S3. The number of carbonyl (C=O) groups is 1. The van der Waals surface area contributed by atoms with Gasteiger partial charge in [-0.1, -0.05) is 0 Å². The SMILES string of the molecule is CS(=O)(=O)c1ccc(F)c(NC(=O)c2csc(-c3ccsc3)n2)c1. The molecule has 9 heteroatoms. The summed E-state index contributed by atoms with van der Waals surface area (Å²) in [5.74, 6) is -1.32. The smallest absolute Gasteiger partial charge is 0.275 e. The molecular weight excluding hydrogens is 371 g/mol. The van der Waals surface area contributed by atoms with Gasteiger partial charge in [0, 0.05) is 22.6 Å². The first-order valence-electron chi connectivity index (χ1n) is 6.63. The molecule has 0 saturated heterocycles. The predicted octanol–water partition coefficient (Wildman–Crippen LogP) is 3.67. The zero-order valence-corrected chi connectivity index (χ0v) is 14.8. The fourth-order valence-corrected chi connectivity index (χ4v) is 4.07. The molecule has 0 radical (unpaired) electrons. The van der Waals surface area contributed by atoms with Crippen LogP contribution in [0.3, 0.4) is 0 Å². The highest BCUT2D eigenvalue weighted by molar-refractivity contribution is 7.90. The lowest BCUT2D eigenvalue weighted by Crippen LogP contribution is -2.14. The van der Waals surface area contributed by atoms with E-state index in [0.29, 0.717) is 5.01 Å². The summed E-state index contributed by atoms with van der Waals surface area (Å²) in [7, 11) is -3.50. The number of nitrogens with one attached hydrogen (secondary N) is 1. The summed E-state index contributed by atoms with van der Waals surface area (Å²) in [5.41, 5.74) is 0.854. The van der Waals surface area contributed by atoms with Crippen LogP contribution in [0.2, 0.25) is 0 Å². The predicted molar refractivity (Wildman–Crippen MR) is 92.9 cm³/mol. The summed E-state index contributed by atoms with van der Waals surface area (Å²) in [6.07, 6.45) is 1.01. The molecule has 24 heavy (non-hydrogen) atoms. The summed E-state index contributed by atoms with van der Waals surface area (Å²) in [5, 5.41) is 8.44. The van der Waals surface area contributed by atoms with Crippen LogP contribution in [0, 0.1) is 5.82 Å². The van der Waals surface area contributed by atoms with Gasteiger partial charge in [-0.2, -0.15) is 11.3 Å². The van der Waals surface area contributed by atoms with Gasteiger partial charge < -0.3 is 5.32 Å². The zero-order valence-electron chi connectivity index (χ0n) is 12.3. The molecule has 1 amide bonds. The summed E-state index contributed by atoms with van der Waals surface area (Å²) >= 11 is 2.82. The first kappa shape index (κ1) is 16.7. The van der Waals surface area contributed by atoms with Gasteiger partial charge in [-0.15, -0.1) is 11.3 Å². The highest BCUT2D eigenvalue weighted by Gasteiger charge is 2.16. The van der Waals surface area contributed by atoms with Crippen molar-refractivity contribution in [2.75, 3.05) is 11.6 Å². The molecule has 0 aliphatic heterocycles. The van der Waals surface area contributed by atoms with Crippen molar-refractivity contribution < 1.29 is 17.6 Å². The summed E-state index contributed by atoms with van der Waals surface area (Å²) in [4.78, 5) is 16.4. The van der Waals surface area contributed by atoms with E-state index in [9.17, 15) is 17.6 Å². The molecule has 0 saturated carbocycles. The number of rotatable bonds is 4. The minimum absolute atomic E-state index is 0.0727. The molecule has 0 aliphatic rings. The van der Waals surface area contributed by atoms with E-state index in [1.54, 1.807) is 5.38 Å². The van der Waals surface area contributed by atoms with Crippen molar-refractivity contribution in [1.82, 2.24) is 4.98 Å². The van der Waals surface area contributed by atoms with E-state index in [2.05, 4.69) is 10.3 Å². The average Bonchev–Trinajstić information content (AvgIpc) is 3.19. The topological polar surface area (TPSA) is 76.1 Å². The van der Waals surface area contributed by atoms with E-state index in [4.69, 9.17) is 0 Å². The van der Waals surface area contributed by atoms with Crippen LogP contribution in [0.4, 0.5) is 10.1 Å². The Morgan fingerprint density at radius 1 is 1.25 bits per heavy atom. The number of halogens is 1. The minimum Gasteiger partial charge on any atom is -0.318 e. The second-order valence-electron chi connectivity index (χ2n) is 4.92. The maximum atomic E-state index is 13.8. The highest BCUT2D eigenvalue weighted by Crippen LogP contribution is 2.26. The fourth-order valence-electron chi connectivity index (χ4n) is 1.91. The number of sulfone groups is 1. The Hall–Kier alpha value is -2.10. The van der Waals surface area contributed by atoms with E-state index in [-0.39, 0.29) is 16.3 Å². The Morgan fingerprint density at radius 3 is 2.71 bits per heavy atom. The zero-order chi connectivity index (χ0) is 17.3. The van der Waals surface area contributed by atoms with Gasteiger partial charge in [0.2, 0.25) is 0 Å². The molecule has 0 aliphatic carbocycles. The molecule has 0 unspecified atom stereocenters. The number of thiophene rings is 1. The Morgan fingerprint density at radius 2 is 2.04 bits per heavy atom. The largest absolute Gasteiger partial charge is 0.318 e. The Bertz CT molecular complexity index is 995. The molecule has 1 aromatic carbocycles. The van der Waals surface area contributed by atoms with Crippen molar-refractivity contribution in [3.8, 4) is 10.6 Å². The maximum Gasteiger partial charge on any atom is 0.275 e. The van der Waals surface area contributed by atoms with Gasteiger partial charge in [0.1, 0.15) is 16.5 Å². The van der Waals surface area contributed by atoms with Crippen LogP contribution in [0.25, 0.3) is 10.6 Å². The Kier molecular flexibility index (Phi) is 4.48. The van der Waals surface area contributed by atoms with Crippen molar-refractivity contribution in [3.05, 3.63) is 51.9 Å². The van der Waals surface area contributed by atoms with Crippen LogP contribution in [0.5, 0.6) is 0 Å². The number of nitrogens with zero attached hydrogens (tertiary/aromatic N) is 1. The Labute approximate surface area is 145 Å². The third kappa shape index (κ3) is 3.53. The van der Waals surface area contributed by atoms with Gasteiger partial charge in [0.15, 0.2) is 9.84 Å². The number of thiazole rings is 1. The monoisotopic (exact) mass is 382 g/mol. The molecule has 2 aromatic heterocycles. The lowest BCUT2D eigenvalue weighted by molar-refractivity contribution is 0.102. The number of carbonyl (C=O) groups excluding carboxylic acids is 1. The van der Waals surface area contributed by atoms with E-state index in [0.717, 1.165) is 30.0 Å². The quantitative estimate of drug-likeness (QED) is 0.699. The van der Waals surface area contributed by atoms with Crippen LogP contribution in [-0.4, -0.2) is 25.6 Å². The molecule has 0 spiro atoms. The second kappa shape index (κ2) is 6.42. The van der Waals surface area contributed by atoms with Crippen molar-refractivity contribution in [2.24, 2.45) is 0 Å². The van der Waals surface area contributed by atoms with Crippen LogP contribution in [-0.2, 0) is 9.84 Å². The number of anilines is 1. The first-order chi connectivity index (χ1) is 11.3. The van der Waals surface area contributed by atoms with E-state index in [1.165, 1.54) is 22.7 Å². The first-order valence-corrected chi connectivity index (χ1v) is 10.3. The second-order valence-corrected chi connectivity index (χ2v) is 8.57. The highest BCUT2D eigenvalue weighted by atomic mass is 32.2. The van der Waals surface area contributed by atoms with Crippen molar-refractivity contribution in [1.29, 1.82) is 0 Å². The van der Waals surface area contributed by atoms with E-state index >= 15 is 0 Å². The maximum absolute atomic E-state index is 13.8. The van der Waals surface area contributed by atoms with E-state index < -0.39 is 21.6 Å². The molecule has 0 bridgehead atoms. The van der Waals surface area contributed by atoms with Crippen molar-refractivity contribution in [3.63, 3.8) is 0 Å². The standard InChI is InChI=1S/C15H11FN2O3S3/c1-24(20,21)10-2-3-11(16)12(6-10)17-14(19)13-8-23-15(18-13)9-4-5-22-7-9/h2-8H,1H3,(H,17,19). The van der Waals surface area contributed by atoms with E-state index in [1.807, 2.05) is 16.8 Å². The van der Waals surface area contributed by atoms with Crippen LogP contribution < -0.4 is 5.32 Å². The molecule has 2 heterocycles. The molecule has 1 N–H and O–H groups in total. The normalized spacial score (nSPS) is 11.4. The molecule has 0 atom stereocenters. The number of hydrogen-bond donors (Lipinski definition) is 1. The van der Waals surface area contributed by atoms with Gasteiger partial charge in [-0.25, -0.2) is 17.8 Å². The summed E-state index contributed by atoms with van der Waals surface area (Å²) in [6.45, 7) is 0. The van der Waals surface area contributed by atoms with Crippen LogP contribution in [0.15, 0.2) is 45.3 Å². The number of aromatic nitrogens is 1. The molecule has 3 aromatic rings. The summed E-state index contributed by atoms with van der Waals surface area (Å²) < 4.78 is 36.9. The lowest BCUT2D eigenvalue weighted by Gasteiger charge is -2.07. The molecule has 3 rings (SSSR count). The minimum atomic E-state index is -3.50. The average molecular weight is 382 g/mol. The summed E-state index contributed by atoms with van der Waals surface area (Å²) in [6, 6.07) is 5.14. The fraction of sp³-hybridized carbons (Fsp3) is 0.0667. The van der Waals surface area contributed by atoms with Gasteiger partial charge in [-0.3, -0.25) is 4.79 Å². The van der Waals surface area contributed by atoms with Crippen LogP contribution >= 0.6 is 22.7 Å². The van der Waals surface area contributed by atoms with Gasteiger partial charge in [0.25, 0.3) is 5.91 Å². The molecule has 0 fully saturated rings. The third-order valence-electron chi connectivity index (χ3n) is 3.12. The number of benzene rings is 1. The lowest BCUT2D eigenvalue weighted by atomic mass is 10.3. The van der Waals surface area contributed by atoms with Gasteiger partial charge in [0.05, 0.1) is 10.6 Å². The Balaban J connectivity index is 1.85. The van der Waals surface area contributed by atoms with Gasteiger partial charge >= 0.3 is 0 Å². The van der Waals surface area contributed by atoms with Crippen molar-refractivity contribution >= 4 is 44.1 Å². The number of hydrogen-bond acceptors (Lipinski definition) is 6. The number of amides is 1. The molecule has 124 valence electrons.